The number of H-pyrrole nitrogens is 1. The number of hydrogen-bond donors (Lipinski definition) is 2. The zero-order valence-electron chi connectivity index (χ0n) is 14.8. The fourth-order valence-corrected chi connectivity index (χ4v) is 3.52. The summed E-state index contributed by atoms with van der Waals surface area (Å²) in [6.07, 6.45) is 3.41. The van der Waals surface area contributed by atoms with E-state index in [0.717, 1.165) is 12.8 Å². The lowest BCUT2D eigenvalue weighted by atomic mass is 9.97. The number of aromatic amines is 1. The van der Waals surface area contributed by atoms with Gasteiger partial charge in [-0.25, -0.2) is 4.98 Å². The monoisotopic (exact) mass is 343 g/mol. The molecule has 1 fully saturated rings. The Hall–Kier alpha value is -2.21. The molecule has 1 aromatic carbocycles. The topological polar surface area (TPSA) is 86.3 Å². The highest BCUT2D eigenvalue weighted by molar-refractivity contribution is 5.78. The number of hydrogen-bond acceptors (Lipinski definition) is 4. The van der Waals surface area contributed by atoms with E-state index in [0.29, 0.717) is 29.6 Å². The van der Waals surface area contributed by atoms with Gasteiger partial charge in [-0.05, 0) is 38.8 Å². The molecule has 1 heterocycles. The van der Waals surface area contributed by atoms with E-state index in [1.807, 2.05) is 19.9 Å². The standard InChI is InChI=1S/C19H25N3O3/c1-13(2)22(17(23)11-19(25)9-5-6-10-19)12-16-20-15-8-4-3-7-14(15)18(24)21-16/h3-4,7-8,13,25H,5-6,9-12H2,1-2H3,(H,20,21,24). The van der Waals surface area contributed by atoms with Crippen LogP contribution in [0, 0.1) is 0 Å². The molecule has 2 aromatic rings. The van der Waals surface area contributed by atoms with Crippen molar-refractivity contribution in [2.24, 2.45) is 0 Å². The fourth-order valence-electron chi connectivity index (χ4n) is 3.52. The Morgan fingerprint density at radius 3 is 2.68 bits per heavy atom. The number of rotatable bonds is 5. The van der Waals surface area contributed by atoms with Gasteiger partial charge in [0.05, 0.1) is 29.5 Å². The van der Waals surface area contributed by atoms with Crippen LogP contribution >= 0.6 is 0 Å². The van der Waals surface area contributed by atoms with Gasteiger partial charge in [0.15, 0.2) is 0 Å². The lowest BCUT2D eigenvalue weighted by Crippen LogP contribution is -2.41. The molecule has 0 saturated heterocycles. The minimum atomic E-state index is -0.881. The first-order valence-electron chi connectivity index (χ1n) is 8.88. The van der Waals surface area contributed by atoms with Gasteiger partial charge in [0.25, 0.3) is 5.56 Å². The Morgan fingerprint density at radius 2 is 2.00 bits per heavy atom. The van der Waals surface area contributed by atoms with Gasteiger partial charge < -0.3 is 15.0 Å². The molecule has 1 aliphatic rings. The number of para-hydroxylation sites is 1. The molecule has 134 valence electrons. The van der Waals surface area contributed by atoms with E-state index >= 15 is 0 Å². The number of aliphatic hydroxyl groups is 1. The summed E-state index contributed by atoms with van der Waals surface area (Å²) in [5.74, 6) is 0.361. The quantitative estimate of drug-likeness (QED) is 0.872. The van der Waals surface area contributed by atoms with E-state index in [-0.39, 0.29) is 30.5 Å². The van der Waals surface area contributed by atoms with Crippen LogP contribution in [0.4, 0.5) is 0 Å². The molecule has 0 spiro atoms. The Balaban J connectivity index is 1.82. The Morgan fingerprint density at radius 1 is 1.32 bits per heavy atom. The number of fused-ring (bicyclic) bond motifs is 1. The maximum absolute atomic E-state index is 12.7. The number of nitrogens with one attached hydrogen (secondary N) is 1. The first-order chi connectivity index (χ1) is 11.9. The molecular formula is C19H25N3O3. The van der Waals surface area contributed by atoms with E-state index in [4.69, 9.17) is 0 Å². The molecule has 6 heteroatoms. The Bertz CT molecular complexity index is 822. The second kappa shape index (κ2) is 6.96. The summed E-state index contributed by atoms with van der Waals surface area (Å²) < 4.78 is 0. The third kappa shape index (κ3) is 3.90. The molecule has 1 amide bonds. The Kier molecular flexibility index (Phi) is 4.90. The molecule has 1 aliphatic carbocycles. The molecule has 1 saturated carbocycles. The first kappa shape index (κ1) is 17.6. The average molecular weight is 343 g/mol. The lowest BCUT2D eigenvalue weighted by molar-refractivity contribution is -0.138. The van der Waals surface area contributed by atoms with Gasteiger partial charge in [0, 0.05) is 6.04 Å². The summed E-state index contributed by atoms with van der Waals surface area (Å²) in [4.78, 5) is 33.9. The van der Waals surface area contributed by atoms with Crippen molar-refractivity contribution < 1.29 is 9.90 Å². The van der Waals surface area contributed by atoms with Crippen molar-refractivity contribution in [1.29, 1.82) is 0 Å². The van der Waals surface area contributed by atoms with Gasteiger partial charge in [0.2, 0.25) is 5.91 Å². The normalized spacial score (nSPS) is 16.5. The van der Waals surface area contributed by atoms with Gasteiger partial charge >= 0.3 is 0 Å². The van der Waals surface area contributed by atoms with E-state index in [9.17, 15) is 14.7 Å². The van der Waals surface area contributed by atoms with Crippen molar-refractivity contribution in [2.75, 3.05) is 0 Å². The summed E-state index contributed by atoms with van der Waals surface area (Å²) in [6, 6.07) is 7.10. The van der Waals surface area contributed by atoms with Crippen LogP contribution in [-0.4, -0.2) is 37.5 Å². The highest BCUT2D eigenvalue weighted by Crippen LogP contribution is 2.33. The van der Waals surface area contributed by atoms with Gasteiger partial charge in [-0.2, -0.15) is 0 Å². The van der Waals surface area contributed by atoms with Crippen molar-refractivity contribution in [3.8, 4) is 0 Å². The maximum atomic E-state index is 12.7. The zero-order valence-corrected chi connectivity index (χ0v) is 14.8. The molecule has 0 bridgehead atoms. The van der Waals surface area contributed by atoms with Crippen LogP contribution in [-0.2, 0) is 11.3 Å². The number of carbonyl (C=O) groups is 1. The van der Waals surface area contributed by atoms with Gasteiger partial charge in [0.1, 0.15) is 5.82 Å². The molecule has 0 atom stereocenters. The molecular weight excluding hydrogens is 318 g/mol. The number of amides is 1. The Labute approximate surface area is 146 Å². The van der Waals surface area contributed by atoms with Crippen LogP contribution in [0.5, 0.6) is 0 Å². The zero-order chi connectivity index (χ0) is 18.0. The molecule has 1 aromatic heterocycles. The molecule has 25 heavy (non-hydrogen) atoms. The summed E-state index contributed by atoms with van der Waals surface area (Å²) in [5, 5.41) is 11.1. The van der Waals surface area contributed by atoms with E-state index in [1.165, 1.54) is 0 Å². The van der Waals surface area contributed by atoms with Crippen molar-refractivity contribution >= 4 is 16.8 Å². The first-order valence-corrected chi connectivity index (χ1v) is 8.88. The van der Waals surface area contributed by atoms with Crippen LogP contribution in [0.2, 0.25) is 0 Å². The van der Waals surface area contributed by atoms with Crippen LogP contribution in [0.25, 0.3) is 10.9 Å². The fraction of sp³-hybridized carbons (Fsp3) is 0.526. The molecule has 0 unspecified atom stereocenters. The lowest BCUT2D eigenvalue weighted by Gasteiger charge is -2.30. The number of nitrogens with zero attached hydrogens (tertiary/aromatic N) is 2. The van der Waals surface area contributed by atoms with Crippen LogP contribution in [0.3, 0.4) is 0 Å². The maximum Gasteiger partial charge on any atom is 0.258 e. The highest BCUT2D eigenvalue weighted by atomic mass is 16.3. The molecule has 3 rings (SSSR count). The third-order valence-electron chi connectivity index (χ3n) is 4.94. The summed E-state index contributed by atoms with van der Waals surface area (Å²) in [7, 11) is 0. The van der Waals surface area contributed by atoms with Crippen LogP contribution < -0.4 is 5.56 Å². The predicted octanol–water partition coefficient (Wildman–Crippen LogP) is 2.36. The number of benzene rings is 1. The largest absolute Gasteiger partial charge is 0.389 e. The molecule has 6 nitrogen and oxygen atoms in total. The van der Waals surface area contributed by atoms with Crippen molar-refractivity contribution in [1.82, 2.24) is 14.9 Å². The highest BCUT2D eigenvalue weighted by Gasteiger charge is 2.35. The summed E-state index contributed by atoms with van der Waals surface area (Å²) in [6.45, 7) is 4.08. The number of aromatic nitrogens is 2. The molecule has 0 radical (unpaired) electrons. The SMILES string of the molecule is CC(C)N(Cc1nc2ccccc2c(=O)[nH]1)C(=O)CC1(O)CCCC1. The van der Waals surface area contributed by atoms with Gasteiger partial charge in [-0.1, -0.05) is 25.0 Å². The minimum Gasteiger partial charge on any atom is -0.389 e. The second-order valence-electron chi connectivity index (χ2n) is 7.25. The predicted molar refractivity (Wildman–Crippen MR) is 96.1 cm³/mol. The van der Waals surface area contributed by atoms with E-state index in [1.54, 1.807) is 23.1 Å². The van der Waals surface area contributed by atoms with E-state index < -0.39 is 5.60 Å². The molecule has 0 aliphatic heterocycles. The average Bonchev–Trinajstić information content (AvgIpc) is 2.98. The van der Waals surface area contributed by atoms with Crippen LogP contribution in [0.15, 0.2) is 29.1 Å². The molecule has 2 N–H and O–H groups in total. The van der Waals surface area contributed by atoms with Crippen molar-refractivity contribution in [2.45, 2.75) is 64.1 Å². The third-order valence-corrected chi connectivity index (χ3v) is 4.94. The second-order valence-corrected chi connectivity index (χ2v) is 7.25. The smallest absolute Gasteiger partial charge is 0.258 e. The summed E-state index contributed by atoms with van der Waals surface area (Å²) in [5.41, 5.74) is -0.466. The number of carbonyl (C=O) groups excluding carboxylic acids is 1. The van der Waals surface area contributed by atoms with E-state index in [2.05, 4.69) is 9.97 Å². The van der Waals surface area contributed by atoms with Gasteiger partial charge in [-0.3, -0.25) is 9.59 Å². The van der Waals surface area contributed by atoms with Crippen molar-refractivity contribution in [3.05, 3.63) is 40.4 Å². The minimum absolute atomic E-state index is 0.0470. The van der Waals surface area contributed by atoms with Crippen molar-refractivity contribution in [3.63, 3.8) is 0 Å². The van der Waals surface area contributed by atoms with Crippen LogP contribution in [0.1, 0.15) is 51.8 Å². The van der Waals surface area contributed by atoms with Gasteiger partial charge in [-0.15, -0.1) is 0 Å². The summed E-state index contributed by atoms with van der Waals surface area (Å²) >= 11 is 0.